The van der Waals surface area contributed by atoms with Gasteiger partial charge in [0.2, 0.25) is 0 Å². The van der Waals surface area contributed by atoms with Crippen molar-refractivity contribution in [1.82, 2.24) is 0 Å². The Hall–Kier alpha value is -1.10. The van der Waals surface area contributed by atoms with E-state index in [1.807, 2.05) is 18.2 Å². The highest BCUT2D eigenvalue weighted by Crippen LogP contribution is 2.36. The van der Waals surface area contributed by atoms with Gasteiger partial charge in [-0.3, -0.25) is 0 Å². The summed E-state index contributed by atoms with van der Waals surface area (Å²) in [6.45, 7) is 1.73. The smallest absolute Gasteiger partial charge is 0.338 e. The summed E-state index contributed by atoms with van der Waals surface area (Å²) in [6.07, 6.45) is -1.75. The van der Waals surface area contributed by atoms with E-state index in [9.17, 15) is 4.79 Å². The minimum absolute atomic E-state index is 0.458. The second-order valence-corrected chi connectivity index (χ2v) is 4.13. The molecule has 0 spiro atoms. The molecule has 5 heteroatoms. The van der Waals surface area contributed by atoms with Gasteiger partial charge in [-0.15, -0.1) is 0 Å². The Balaban J connectivity index is 2.30. The molecule has 1 aromatic rings. The van der Waals surface area contributed by atoms with Crippen molar-refractivity contribution in [1.29, 1.82) is 0 Å². The van der Waals surface area contributed by atoms with Gasteiger partial charge in [0.25, 0.3) is 0 Å². The van der Waals surface area contributed by atoms with Gasteiger partial charge in [0.15, 0.2) is 12.4 Å². The van der Waals surface area contributed by atoms with Crippen LogP contribution >= 0.6 is 11.6 Å². The van der Waals surface area contributed by atoms with E-state index in [2.05, 4.69) is 4.74 Å². The summed E-state index contributed by atoms with van der Waals surface area (Å²) in [4.78, 5) is 11.6. The van der Waals surface area contributed by atoms with Gasteiger partial charge < -0.3 is 14.2 Å². The molecule has 1 saturated heterocycles. The van der Waals surface area contributed by atoms with Crippen LogP contribution in [-0.2, 0) is 19.0 Å². The van der Waals surface area contributed by atoms with E-state index in [0.29, 0.717) is 5.02 Å². The number of rotatable bonds is 2. The van der Waals surface area contributed by atoms with Crippen LogP contribution in [0.2, 0.25) is 5.02 Å². The molecule has 0 aliphatic carbocycles. The summed E-state index contributed by atoms with van der Waals surface area (Å²) in [5, 5.41) is 0.545. The first-order valence-electron chi connectivity index (χ1n) is 5.26. The van der Waals surface area contributed by atoms with Crippen molar-refractivity contribution in [2.24, 2.45) is 0 Å². The second-order valence-electron chi connectivity index (χ2n) is 3.73. The lowest BCUT2D eigenvalue weighted by Gasteiger charge is -2.16. The topological polar surface area (TPSA) is 44.8 Å². The van der Waals surface area contributed by atoms with Crippen molar-refractivity contribution in [2.45, 2.75) is 25.4 Å². The maximum atomic E-state index is 11.6. The maximum absolute atomic E-state index is 11.6. The molecule has 1 aromatic carbocycles. The molecule has 1 aliphatic heterocycles. The van der Waals surface area contributed by atoms with E-state index in [4.69, 9.17) is 21.1 Å². The van der Waals surface area contributed by atoms with Crippen molar-refractivity contribution in [3.05, 3.63) is 34.9 Å². The SMILES string of the molecule is COC(=O)C1OC(C)O[C@@H]1c1ccccc1Cl. The van der Waals surface area contributed by atoms with E-state index in [1.54, 1.807) is 13.0 Å². The zero-order valence-electron chi connectivity index (χ0n) is 9.55. The van der Waals surface area contributed by atoms with Gasteiger partial charge >= 0.3 is 5.97 Å². The van der Waals surface area contributed by atoms with Gasteiger partial charge in [-0.2, -0.15) is 0 Å². The van der Waals surface area contributed by atoms with E-state index < -0.39 is 24.5 Å². The monoisotopic (exact) mass is 256 g/mol. The summed E-state index contributed by atoms with van der Waals surface area (Å²) in [6, 6.07) is 7.21. The summed E-state index contributed by atoms with van der Waals surface area (Å²) >= 11 is 6.08. The predicted molar refractivity (Wildman–Crippen MR) is 61.6 cm³/mol. The molecule has 17 heavy (non-hydrogen) atoms. The van der Waals surface area contributed by atoms with E-state index in [1.165, 1.54) is 7.11 Å². The number of methoxy groups -OCH3 is 1. The van der Waals surface area contributed by atoms with E-state index >= 15 is 0 Å². The number of benzene rings is 1. The minimum atomic E-state index is -0.769. The van der Waals surface area contributed by atoms with Gasteiger partial charge in [0, 0.05) is 10.6 Å². The van der Waals surface area contributed by atoms with E-state index in [0.717, 1.165) is 5.56 Å². The Labute approximate surface area is 104 Å². The van der Waals surface area contributed by atoms with E-state index in [-0.39, 0.29) is 0 Å². The zero-order valence-corrected chi connectivity index (χ0v) is 10.3. The third-order valence-electron chi connectivity index (χ3n) is 2.60. The van der Waals surface area contributed by atoms with Crippen molar-refractivity contribution in [3.63, 3.8) is 0 Å². The number of halogens is 1. The summed E-state index contributed by atoms with van der Waals surface area (Å²) < 4.78 is 15.6. The number of esters is 1. The van der Waals surface area contributed by atoms with Gasteiger partial charge in [0.05, 0.1) is 7.11 Å². The van der Waals surface area contributed by atoms with Crippen molar-refractivity contribution in [2.75, 3.05) is 7.11 Å². The normalized spacial score (nSPS) is 28.1. The first kappa shape index (κ1) is 12.4. The highest BCUT2D eigenvalue weighted by Gasteiger charge is 2.41. The summed E-state index contributed by atoms with van der Waals surface area (Å²) in [7, 11) is 1.32. The van der Waals surface area contributed by atoms with Gasteiger partial charge in [0.1, 0.15) is 6.10 Å². The number of carbonyl (C=O) groups excluding carboxylic acids is 1. The largest absolute Gasteiger partial charge is 0.467 e. The van der Waals surface area contributed by atoms with Crippen LogP contribution in [0.3, 0.4) is 0 Å². The lowest BCUT2D eigenvalue weighted by molar-refractivity contribution is -0.153. The summed E-state index contributed by atoms with van der Waals surface area (Å²) in [5.74, 6) is -0.459. The lowest BCUT2D eigenvalue weighted by Crippen LogP contribution is -2.27. The molecule has 92 valence electrons. The molecule has 0 saturated carbocycles. The van der Waals surface area contributed by atoms with Crippen molar-refractivity contribution in [3.8, 4) is 0 Å². The molecular weight excluding hydrogens is 244 g/mol. The van der Waals surface area contributed by atoms with Gasteiger partial charge in [-0.05, 0) is 13.0 Å². The lowest BCUT2D eigenvalue weighted by atomic mass is 10.0. The first-order chi connectivity index (χ1) is 8.13. The molecule has 0 radical (unpaired) electrons. The van der Waals surface area contributed by atoms with Crippen LogP contribution in [0.15, 0.2) is 24.3 Å². The van der Waals surface area contributed by atoms with Crippen molar-refractivity contribution >= 4 is 17.6 Å². The first-order valence-corrected chi connectivity index (χ1v) is 5.64. The fourth-order valence-electron chi connectivity index (χ4n) is 1.83. The van der Waals surface area contributed by atoms with Crippen LogP contribution in [0, 0.1) is 0 Å². The number of carbonyl (C=O) groups is 1. The highest BCUT2D eigenvalue weighted by molar-refractivity contribution is 6.31. The fraction of sp³-hybridized carbons (Fsp3) is 0.417. The van der Waals surface area contributed by atoms with Crippen LogP contribution in [0.1, 0.15) is 18.6 Å². The molecule has 2 rings (SSSR count). The van der Waals surface area contributed by atoms with Crippen LogP contribution in [0.5, 0.6) is 0 Å². The predicted octanol–water partition coefficient (Wildman–Crippen LogP) is 2.32. The Bertz CT molecular complexity index is 421. The third kappa shape index (κ3) is 2.44. The molecule has 4 nitrogen and oxygen atoms in total. The number of ether oxygens (including phenoxy) is 3. The van der Waals surface area contributed by atoms with Crippen LogP contribution in [0.4, 0.5) is 0 Å². The quantitative estimate of drug-likeness (QED) is 0.762. The second kappa shape index (κ2) is 5.04. The zero-order chi connectivity index (χ0) is 12.4. The molecule has 0 amide bonds. The summed E-state index contributed by atoms with van der Waals surface area (Å²) in [5.41, 5.74) is 0.730. The highest BCUT2D eigenvalue weighted by atomic mass is 35.5. The Kier molecular flexibility index (Phi) is 3.66. The number of hydrogen-bond acceptors (Lipinski definition) is 4. The molecule has 0 aromatic heterocycles. The molecule has 1 aliphatic rings. The van der Waals surface area contributed by atoms with Gasteiger partial charge in [-0.1, -0.05) is 29.8 Å². The van der Waals surface area contributed by atoms with Crippen molar-refractivity contribution < 1.29 is 19.0 Å². The molecule has 3 atom stereocenters. The standard InChI is InChI=1S/C12H13ClO4/c1-7-16-10(11(17-7)12(14)15-2)8-5-3-4-6-9(8)13/h3-7,10-11H,1-2H3/t7?,10-,11?/m1/s1. The van der Waals surface area contributed by atoms with Gasteiger partial charge in [-0.25, -0.2) is 4.79 Å². The maximum Gasteiger partial charge on any atom is 0.338 e. The Morgan fingerprint density at radius 3 is 2.71 bits per heavy atom. The average molecular weight is 257 g/mol. The Morgan fingerprint density at radius 2 is 2.06 bits per heavy atom. The molecule has 1 heterocycles. The van der Waals surface area contributed by atoms with Crippen LogP contribution in [0.25, 0.3) is 0 Å². The minimum Gasteiger partial charge on any atom is -0.467 e. The van der Waals surface area contributed by atoms with Crippen LogP contribution in [-0.4, -0.2) is 25.5 Å². The third-order valence-corrected chi connectivity index (χ3v) is 2.94. The average Bonchev–Trinajstić information content (AvgIpc) is 2.71. The van der Waals surface area contributed by atoms with Crippen LogP contribution < -0.4 is 0 Å². The Morgan fingerprint density at radius 1 is 1.35 bits per heavy atom. The molecular formula is C12H13ClO4. The number of hydrogen-bond donors (Lipinski definition) is 0. The molecule has 2 unspecified atom stereocenters. The fourth-order valence-corrected chi connectivity index (χ4v) is 2.07. The molecule has 1 fully saturated rings. The molecule has 0 bridgehead atoms. The molecule has 0 N–H and O–H groups in total.